The number of pyridine rings is 1. The standard InChI is InChI=1S/C14H19Cl2N3/c1-17-13-10(15)8-11(16)14(18-13)19-7-3-5-9-4-2-6-12(9)19/h8-9,12H,2-7H2,1H3,(H,17,18). The topological polar surface area (TPSA) is 28.2 Å². The number of fused-ring (bicyclic) bond motifs is 1. The average molecular weight is 300 g/mol. The largest absolute Gasteiger partial charge is 0.372 e. The van der Waals surface area contributed by atoms with Crippen molar-refractivity contribution in [2.24, 2.45) is 5.92 Å². The van der Waals surface area contributed by atoms with Crippen LogP contribution in [0.15, 0.2) is 6.07 Å². The van der Waals surface area contributed by atoms with E-state index in [9.17, 15) is 0 Å². The predicted molar refractivity (Wildman–Crippen MR) is 81.5 cm³/mol. The molecule has 104 valence electrons. The molecule has 3 rings (SSSR count). The fourth-order valence-corrected chi connectivity index (χ4v) is 4.11. The van der Waals surface area contributed by atoms with Crippen LogP contribution >= 0.6 is 23.2 Å². The minimum Gasteiger partial charge on any atom is -0.372 e. The SMILES string of the molecule is CNc1nc(N2CCCC3CCCC32)c(Cl)cc1Cl. The first-order valence-corrected chi connectivity index (χ1v) is 7.76. The molecule has 1 aliphatic carbocycles. The van der Waals surface area contributed by atoms with Crippen molar-refractivity contribution in [2.45, 2.75) is 38.1 Å². The van der Waals surface area contributed by atoms with Crippen LogP contribution in [0.2, 0.25) is 10.0 Å². The first-order chi connectivity index (χ1) is 9.20. The molecule has 0 amide bonds. The zero-order valence-corrected chi connectivity index (χ0v) is 12.6. The lowest BCUT2D eigenvalue weighted by molar-refractivity contribution is 0.360. The summed E-state index contributed by atoms with van der Waals surface area (Å²) in [6, 6.07) is 2.42. The number of nitrogens with one attached hydrogen (secondary N) is 1. The highest BCUT2D eigenvalue weighted by atomic mass is 35.5. The van der Waals surface area contributed by atoms with E-state index >= 15 is 0 Å². The third-order valence-corrected chi connectivity index (χ3v) is 4.98. The van der Waals surface area contributed by atoms with Gasteiger partial charge in [0.15, 0.2) is 0 Å². The first-order valence-electron chi connectivity index (χ1n) is 7.01. The van der Waals surface area contributed by atoms with Gasteiger partial charge in [-0.2, -0.15) is 0 Å². The van der Waals surface area contributed by atoms with E-state index in [1.165, 1.54) is 32.1 Å². The molecule has 2 atom stereocenters. The number of rotatable bonds is 2. The van der Waals surface area contributed by atoms with Gasteiger partial charge in [-0.15, -0.1) is 0 Å². The summed E-state index contributed by atoms with van der Waals surface area (Å²) in [5, 5.41) is 4.28. The number of piperidine rings is 1. The quantitative estimate of drug-likeness (QED) is 0.887. The Balaban J connectivity index is 1.96. The van der Waals surface area contributed by atoms with Crippen LogP contribution in [-0.4, -0.2) is 24.6 Å². The van der Waals surface area contributed by atoms with E-state index in [1.807, 2.05) is 7.05 Å². The summed E-state index contributed by atoms with van der Waals surface area (Å²) in [4.78, 5) is 7.03. The van der Waals surface area contributed by atoms with Crippen LogP contribution in [-0.2, 0) is 0 Å². The molecule has 0 spiro atoms. The number of hydrogen-bond acceptors (Lipinski definition) is 3. The summed E-state index contributed by atoms with van der Waals surface area (Å²) < 4.78 is 0. The number of nitrogens with zero attached hydrogens (tertiary/aromatic N) is 2. The molecular formula is C14H19Cl2N3. The number of hydrogen-bond donors (Lipinski definition) is 1. The Kier molecular flexibility index (Phi) is 3.77. The smallest absolute Gasteiger partial charge is 0.150 e. The van der Waals surface area contributed by atoms with Gasteiger partial charge in [-0.05, 0) is 37.7 Å². The molecule has 5 heteroatoms. The summed E-state index contributed by atoms with van der Waals surface area (Å²) in [6.07, 6.45) is 6.53. The van der Waals surface area contributed by atoms with E-state index in [-0.39, 0.29) is 0 Å². The number of halogens is 2. The maximum Gasteiger partial charge on any atom is 0.150 e. The zero-order valence-electron chi connectivity index (χ0n) is 11.1. The lowest BCUT2D eigenvalue weighted by atomic mass is 9.92. The van der Waals surface area contributed by atoms with Crippen LogP contribution in [0.1, 0.15) is 32.1 Å². The molecular weight excluding hydrogens is 281 g/mol. The lowest BCUT2D eigenvalue weighted by Gasteiger charge is -2.39. The first kappa shape index (κ1) is 13.3. The van der Waals surface area contributed by atoms with Crippen LogP contribution in [0.25, 0.3) is 0 Å². The normalized spacial score (nSPS) is 26.4. The molecule has 0 bridgehead atoms. The highest BCUT2D eigenvalue weighted by Crippen LogP contribution is 2.41. The Morgan fingerprint density at radius 3 is 2.79 bits per heavy atom. The average Bonchev–Trinajstić information content (AvgIpc) is 2.87. The fraction of sp³-hybridized carbons (Fsp3) is 0.643. The van der Waals surface area contributed by atoms with E-state index < -0.39 is 0 Å². The molecule has 1 N–H and O–H groups in total. The van der Waals surface area contributed by atoms with E-state index in [4.69, 9.17) is 23.2 Å². The van der Waals surface area contributed by atoms with Crippen molar-refractivity contribution in [3.63, 3.8) is 0 Å². The van der Waals surface area contributed by atoms with Crippen LogP contribution in [0.5, 0.6) is 0 Å². The number of anilines is 2. The van der Waals surface area contributed by atoms with Crippen LogP contribution < -0.4 is 10.2 Å². The van der Waals surface area contributed by atoms with Gasteiger partial charge >= 0.3 is 0 Å². The molecule has 1 aromatic heterocycles. The molecule has 1 aliphatic heterocycles. The van der Waals surface area contributed by atoms with E-state index in [0.29, 0.717) is 21.9 Å². The lowest BCUT2D eigenvalue weighted by Crippen LogP contribution is -2.43. The van der Waals surface area contributed by atoms with Crippen LogP contribution in [0.4, 0.5) is 11.6 Å². The second-order valence-corrected chi connectivity index (χ2v) is 6.28. The summed E-state index contributed by atoms with van der Waals surface area (Å²) in [7, 11) is 1.83. The van der Waals surface area contributed by atoms with Crippen molar-refractivity contribution < 1.29 is 0 Å². The highest BCUT2D eigenvalue weighted by molar-refractivity contribution is 6.37. The molecule has 0 aromatic carbocycles. The van der Waals surface area contributed by atoms with Crippen molar-refractivity contribution in [1.29, 1.82) is 0 Å². The Morgan fingerprint density at radius 1 is 1.21 bits per heavy atom. The minimum atomic E-state index is 0.580. The van der Waals surface area contributed by atoms with Gasteiger partial charge in [-0.3, -0.25) is 0 Å². The summed E-state index contributed by atoms with van der Waals surface area (Å²) in [5.74, 6) is 2.42. The molecule has 2 fully saturated rings. The predicted octanol–water partition coefficient (Wildman–Crippen LogP) is 4.20. The van der Waals surface area contributed by atoms with Gasteiger partial charge in [0, 0.05) is 19.6 Å². The van der Waals surface area contributed by atoms with Gasteiger partial charge in [0.05, 0.1) is 10.0 Å². The maximum atomic E-state index is 6.37. The maximum absolute atomic E-state index is 6.37. The van der Waals surface area contributed by atoms with Gasteiger partial charge < -0.3 is 10.2 Å². The third kappa shape index (κ3) is 2.38. The van der Waals surface area contributed by atoms with Gasteiger partial charge in [-0.25, -0.2) is 4.98 Å². The Hall–Kier alpha value is -0.670. The van der Waals surface area contributed by atoms with Crippen molar-refractivity contribution in [1.82, 2.24) is 4.98 Å². The minimum absolute atomic E-state index is 0.580. The molecule has 2 heterocycles. The number of aromatic nitrogens is 1. The Bertz CT molecular complexity index is 478. The zero-order chi connectivity index (χ0) is 13.4. The Labute approximate surface area is 124 Å². The van der Waals surface area contributed by atoms with Gasteiger partial charge in [-0.1, -0.05) is 29.6 Å². The van der Waals surface area contributed by atoms with E-state index in [0.717, 1.165) is 18.3 Å². The van der Waals surface area contributed by atoms with Gasteiger partial charge in [0.25, 0.3) is 0 Å². The molecule has 1 aromatic rings. The van der Waals surface area contributed by atoms with Gasteiger partial charge in [0.1, 0.15) is 11.6 Å². The molecule has 1 saturated heterocycles. The van der Waals surface area contributed by atoms with Crippen molar-refractivity contribution in [3.05, 3.63) is 16.1 Å². The van der Waals surface area contributed by atoms with Crippen LogP contribution in [0, 0.1) is 5.92 Å². The second kappa shape index (κ2) is 5.37. The highest BCUT2D eigenvalue weighted by Gasteiger charge is 2.36. The second-order valence-electron chi connectivity index (χ2n) is 5.47. The molecule has 3 nitrogen and oxygen atoms in total. The molecule has 2 unspecified atom stereocenters. The van der Waals surface area contributed by atoms with Crippen molar-refractivity contribution in [2.75, 3.05) is 23.8 Å². The van der Waals surface area contributed by atoms with E-state index in [2.05, 4.69) is 15.2 Å². The Morgan fingerprint density at radius 2 is 2.00 bits per heavy atom. The summed E-state index contributed by atoms with van der Waals surface area (Å²) in [5.41, 5.74) is 0. The van der Waals surface area contributed by atoms with Gasteiger partial charge in [0.2, 0.25) is 0 Å². The summed E-state index contributed by atoms with van der Waals surface area (Å²) >= 11 is 12.5. The van der Waals surface area contributed by atoms with Crippen molar-refractivity contribution >= 4 is 34.8 Å². The molecule has 1 saturated carbocycles. The van der Waals surface area contributed by atoms with Crippen molar-refractivity contribution in [3.8, 4) is 0 Å². The molecule has 0 radical (unpaired) electrons. The fourth-order valence-electron chi connectivity index (χ4n) is 3.55. The third-order valence-electron chi connectivity index (χ3n) is 4.41. The monoisotopic (exact) mass is 299 g/mol. The molecule has 19 heavy (non-hydrogen) atoms. The van der Waals surface area contributed by atoms with E-state index in [1.54, 1.807) is 6.07 Å². The van der Waals surface area contributed by atoms with Crippen LogP contribution in [0.3, 0.4) is 0 Å². The molecule has 2 aliphatic rings. The summed E-state index contributed by atoms with van der Waals surface area (Å²) in [6.45, 7) is 1.05.